The Labute approximate surface area is 106 Å². The quantitative estimate of drug-likeness (QED) is 0.873. The van der Waals surface area contributed by atoms with Gasteiger partial charge in [0, 0.05) is 16.4 Å². The van der Waals surface area contributed by atoms with E-state index in [2.05, 4.69) is 46.9 Å². The summed E-state index contributed by atoms with van der Waals surface area (Å²) in [6.45, 7) is 2.41. The number of piperidine rings is 1. The van der Waals surface area contributed by atoms with E-state index in [0.717, 1.165) is 0 Å². The second-order valence-electron chi connectivity index (χ2n) is 4.90. The standard InChI is InChI=1S/C14H18N2S/c1-16-7-4-12(5-8-16)15-13-2-3-14-11(10-13)6-9-17-14/h2-3,6,9-10,12,15H,4-5,7-8H2,1H3. The fourth-order valence-corrected chi connectivity index (χ4v) is 3.22. The molecule has 0 aliphatic carbocycles. The summed E-state index contributed by atoms with van der Waals surface area (Å²) in [6, 6.07) is 9.53. The summed E-state index contributed by atoms with van der Waals surface area (Å²) < 4.78 is 1.37. The van der Waals surface area contributed by atoms with E-state index in [0.29, 0.717) is 6.04 Å². The van der Waals surface area contributed by atoms with Crippen LogP contribution in [0.15, 0.2) is 29.6 Å². The maximum atomic E-state index is 3.66. The minimum absolute atomic E-state index is 0.641. The summed E-state index contributed by atoms with van der Waals surface area (Å²) in [7, 11) is 2.20. The first-order valence-electron chi connectivity index (χ1n) is 6.23. The summed E-state index contributed by atoms with van der Waals surface area (Å²) in [4.78, 5) is 2.40. The van der Waals surface area contributed by atoms with Crippen LogP contribution in [0.1, 0.15) is 12.8 Å². The second kappa shape index (κ2) is 4.67. The Balaban J connectivity index is 1.71. The van der Waals surface area contributed by atoms with E-state index in [-0.39, 0.29) is 0 Å². The molecule has 0 radical (unpaired) electrons. The molecule has 0 amide bonds. The summed E-state index contributed by atoms with van der Waals surface area (Å²) in [6.07, 6.45) is 2.50. The van der Waals surface area contributed by atoms with Crippen molar-refractivity contribution in [3.8, 4) is 0 Å². The number of benzene rings is 1. The molecule has 1 fully saturated rings. The number of anilines is 1. The molecule has 2 heterocycles. The minimum atomic E-state index is 0.641. The van der Waals surface area contributed by atoms with Crippen LogP contribution in [-0.4, -0.2) is 31.1 Å². The van der Waals surface area contributed by atoms with Crippen LogP contribution in [0, 0.1) is 0 Å². The van der Waals surface area contributed by atoms with Crippen LogP contribution >= 0.6 is 11.3 Å². The molecule has 1 aromatic carbocycles. The van der Waals surface area contributed by atoms with Crippen LogP contribution in [0.5, 0.6) is 0 Å². The topological polar surface area (TPSA) is 15.3 Å². The highest BCUT2D eigenvalue weighted by atomic mass is 32.1. The highest BCUT2D eigenvalue weighted by molar-refractivity contribution is 7.17. The molecule has 3 rings (SSSR count). The molecule has 1 aliphatic heterocycles. The number of fused-ring (bicyclic) bond motifs is 1. The number of rotatable bonds is 2. The second-order valence-corrected chi connectivity index (χ2v) is 5.84. The first kappa shape index (κ1) is 11.1. The van der Waals surface area contributed by atoms with E-state index < -0.39 is 0 Å². The van der Waals surface area contributed by atoms with Gasteiger partial charge in [0.2, 0.25) is 0 Å². The zero-order valence-electron chi connectivity index (χ0n) is 10.1. The van der Waals surface area contributed by atoms with Crippen LogP contribution in [0.2, 0.25) is 0 Å². The van der Waals surface area contributed by atoms with Gasteiger partial charge in [0.15, 0.2) is 0 Å². The van der Waals surface area contributed by atoms with Crippen molar-refractivity contribution in [2.75, 3.05) is 25.5 Å². The average molecular weight is 246 g/mol. The molecule has 17 heavy (non-hydrogen) atoms. The molecule has 0 saturated carbocycles. The van der Waals surface area contributed by atoms with Crippen molar-refractivity contribution in [1.29, 1.82) is 0 Å². The predicted molar refractivity (Wildman–Crippen MR) is 76.0 cm³/mol. The van der Waals surface area contributed by atoms with Gasteiger partial charge >= 0.3 is 0 Å². The smallest absolute Gasteiger partial charge is 0.0349 e. The van der Waals surface area contributed by atoms with Gasteiger partial charge in [0.05, 0.1) is 0 Å². The molecule has 0 spiro atoms. The van der Waals surface area contributed by atoms with Crippen LogP contribution in [0.3, 0.4) is 0 Å². The molecule has 3 heteroatoms. The number of hydrogen-bond donors (Lipinski definition) is 1. The van der Waals surface area contributed by atoms with Gasteiger partial charge in [-0.3, -0.25) is 0 Å². The largest absolute Gasteiger partial charge is 0.382 e. The van der Waals surface area contributed by atoms with Gasteiger partial charge in [-0.05, 0) is 68.0 Å². The van der Waals surface area contributed by atoms with Crippen molar-refractivity contribution in [2.45, 2.75) is 18.9 Å². The molecule has 90 valence electrons. The predicted octanol–water partition coefficient (Wildman–Crippen LogP) is 3.41. The number of thiophene rings is 1. The zero-order valence-corrected chi connectivity index (χ0v) is 11.0. The maximum Gasteiger partial charge on any atom is 0.0349 e. The molecular formula is C14H18N2S. The van der Waals surface area contributed by atoms with Crippen LogP contribution in [0.25, 0.3) is 10.1 Å². The Morgan fingerprint density at radius 1 is 1.24 bits per heavy atom. The molecular weight excluding hydrogens is 228 g/mol. The fraction of sp³-hybridized carbons (Fsp3) is 0.429. The minimum Gasteiger partial charge on any atom is -0.382 e. The number of nitrogens with zero attached hydrogens (tertiary/aromatic N) is 1. The normalized spacial score (nSPS) is 18.6. The van der Waals surface area contributed by atoms with Crippen LogP contribution in [-0.2, 0) is 0 Å². The first-order valence-corrected chi connectivity index (χ1v) is 7.11. The van der Waals surface area contributed by atoms with Crippen molar-refractivity contribution in [3.05, 3.63) is 29.6 Å². The van der Waals surface area contributed by atoms with Crippen molar-refractivity contribution in [2.24, 2.45) is 0 Å². The lowest BCUT2D eigenvalue weighted by Crippen LogP contribution is -2.36. The summed E-state index contributed by atoms with van der Waals surface area (Å²) in [5.41, 5.74) is 1.27. The Bertz CT molecular complexity index is 498. The monoisotopic (exact) mass is 246 g/mol. The van der Waals surface area contributed by atoms with E-state index in [4.69, 9.17) is 0 Å². The molecule has 1 aromatic heterocycles. The molecule has 2 aromatic rings. The fourth-order valence-electron chi connectivity index (χ4n) is 2.45. The Hall–Kier alpha value is -1.06. The van der Waals surface area contributed by atoms with Crippen molar-refractivity contribution in [1.82, 2.24) is 4.90 Å². The van der Waals surface area contributed by atoms with Crippen molar-refractivity contribution >= 4 is 27.1 Å². The van der Waals surface area contributed by atoms with E-state index in [1.165, 1.54) is 41.7 Å². The van der Waals surface area contributed by atoms with Crippen molar-refractivity contribution in [3.63, 3.8) is 0 Å². The molecule has 0 bridgehead atoms. The number of likely N-dealkylation sites (tertiary alicyclic amines) is 1. The Kier molecular flexibility index (Phi) is 3.04. The van der Waals surface area contributed by atoms with Gasteiger partial charge < -0.3 is 10.2 Å². The Morgan fingerprint density at radius 2 is 2.06 bits per heavy atom. The van der Waals surface area contributed by atoms with Gasteiger partial charge in [-0.2, -0.15) is 0 Å². The van der Waals surface area contributed by atoms with Gasteiger partial charge in [0.25, 0.3) is 0 Å². The molecule has 2 nitrogen and oxygen atoms in total. The highest BCUT2D eigenvalue weighted by Gasteiger charge is 2.16. The molecule has 1 saturated heterocycles. The van der Waals surface area contributed by atoms with Gasteiger partial charge in [-0.15, -0.1) is 11.3 Å². The molecule has 1 N–H and O–H groups in total. The lowest BCUT2D eigenvalue weighted by Gasteiger charge is -2.30. The summed E-state index contributed by atoms with van der Waals surface area (Å²) in [5.74, 6) is 0. The van der Waals surface area contributed by atoms with E-state index >= 15 is 0 Å². The average Bonchev–Trinajstić information content (AvgIpc) is 2.79. The highest BCUT2D eigenvalue weighted by Crippen LogP contribution is 2.25. The van der Waals surface area contributed by atoms with E-state index in [9.17, 15) is 0 Å². The van der Waals surface area contributed by atoms with Crippen LogP contribution < -0.4 is 5.32 Å². The van der Waals surface area contributed by atoms with Gasteiger partial charge in [-0.25, -0.2) is 0 Å². The SMILES string of the molecule is CN1CCC(Nc2ccc3sccc3c2)CC1. The van der Waals surface area contributed by atoms with Crippen molar-refractivity contribution < 1.29 is 0 Å². The van der Waals surface area contributed by atoms with Crippen LogP contribution in [0.4, 0.5) is 5.69 Å². The third kappa shape index (κ3) is 2.45. The zero-order chi connectivity index (χ0) is 11.7. The van der Waals surface area contributed by atoms with E-state index in [1.54, 1.807) is 0 Å². The maximum absolute atomic E-state index is 3.66. The third-order valence-corrected chi connectivity index (χ3v) is 4.44. The summed E-state index contributed by atoms with van der Waals surface area (Å²) >= 11 is 1.81. The first-order chi connectivity index (χ1) is 8.31. The van der Waals surface area contributed by atoms with Gasteiger partial charge in [0.1, 0.15) is 0 Å². The third-order valence-electron chi connectivity index (χ3n) is 3.54. The molecule has 1 aliphatic rings. The molecule has 0 atom stereocenters. The lowest BCUT2D eigenvalue weighted by molar-refractivity contribution is 0.264. The lowest BCUT2D eigenvalue weighted by atomic mass is 10.1. The summed E-state index contributed by atoms with van der Waals surface area (Å²) in [5, 5.41) is 7.17. The van der Waals surface area contributed by atoms with Gasteiger partial charge in [-0.1, -0.05) is 0 Å². The Morgan fingerprint density at radius 3 is 2.88 bits per heavy atom. The number of nitrogens with one attached hydrogen (secondary N) is 1. The molecule has 0 unspecified atom stereocenters. The van der Waals surface area contributed by atoms with E-state index in [1.807, 2.05) is 11.3 Å². The number of hydrogen-bond acceptors (Lipinski definition) is 3.